The zero-order chi connectivity index (χ0) is 13.7. The van der Waals surface area contributed by atoms with E-state index in [2.05, 4.69) is 21.6 Å². The molecule has 0 aromatic carbocycles. The summed E-state index contributed by atoms with van der Waals surface area (Å²) in [6, 6.07) is 3.28. The van der Waals surface area contributed by atoms with Crippen molar-refractivity contribution >= 4 is 5.97 Å². The fraction of sp³-hybridized carbons (Fsp3) is 0.467. The van der Waals surface area contributed by atoms with Gasteiger partial charge in [-0.2, -0.15) is 0 Å². The van der Waals surface area contributed by atoms with E-state index < -0.39 is 11.6 Å². The van der Waals surface area contributed by atoms with Gasteiger partial charge in [0.2, 0.25) is 0 Å². The molecule has 1 aromatic rings. The number of ether oxygens (including phenoxy) is 1. The maximum Gasteiger partial charge on any atom is 0.340 e. The summed E-state index contributed by atoms with van der Waals surface area (Å²) in [7, 11) is 1.32. The second kappa shape index (κ2) is 5.85. The minimum absolute atomic E-state index is 0.330. The lowest BCUT2D eigenvalue weighted by Gasteiger charge is -2.26. The lowest BCUT2D eigenvalue weighted by Crippen LogP contribution is -2.29. The Morgan fingerprint density at radius 2 is 2.16 bits per heavy atom. The third-order valence-electron chi connectivity index (χ3n) is 3.31. The molecular weight excluding hydrogens is 242 g/mol. The van der Waals surface area contributed by atoms with E-state index in [1.54, 1.807) is 18.3 Å². The third-order valence-corrected chi connectivity index (χ3v) is 3.31. The van der Waals surface area contributed by atoms with E-state index in [-0.39, 0.29) is 0 Å². The normalized spacial score (nSPS) is 17.2. The molecule has 1 aromatic heterocycles. The van der Waals surface area contributed by atoms with Gasteiger partial charge in [-0.15, -0.1) is 0 Å². The maximum atomic E-state index is 11.6. The third kappa shape index (κ3) is 3.33. The topological polar surface area (TPSA) is 59.4 Å². The van der Waals surface area contributed by atoms with Gasteiger partial charge in [-0.25, -0.2) is 9.78 Å². The van der Waals surface area contributed by atoms with Crippen LogP contribution in [0.1, 0.15) is 48.2 Å². The Labute approximate surface area is 112 Å². The summed E-state index contributed by atoms with van der Waals surface area (Å²) in [5.74, 6) is 5.23. The first-order chi connectivity index (χ1) is 9.14. The molecule has 1 N–H and O–H groups in total. The molecule has 1 aliphatic carbocycles. The molecule has 0 bridgehead atoms. The number of aliphatic hydroxyl groups is 1. The van der Waals surface area contributed by atoms with Crippen LogP contribution in [0.25, 0.3) is 0 Å². The first kappa shape index (κ1) is 13.6. The summed E-state index contributed by atoms with van der Waals surface area (Å²) < 4.78 is 4.68. The molecule has 0 amide bonds. The molecule has 4 heteroatoms. The SMILES string of the molecule is COC(=O)c1cccnc1C#CC1(O)CCCCC1. The zero-order valence-electron chi connectivity index (χ0n) is 11.0. The Bertz CT molecular complexity index is 522. The van der Waals surface area contributed by atoms with E-state index in [0.717, 1.165) is 19.3 Å². The average molecular weight is 259 g/mol. The minimum atomic E-state index is -0.941. The highest BCUT2D eigenvalue weighted by Crippen LogP contribution is 2.27. The quantitative estimate of drug-likeness (QED) is 0.618. The number of pyridine rings is 1. The van der Waals surface area contributed by atoms with Gasteiger partial charge in [0.1, 0.15) is 11.3 Å². The van der Waals surface area contributed by atoms with Crippen molar-refractivity contribution in [3.8, 4) is 11.8 Å². The minimum Gasteiger partial charge on any atom is -0.465 e. The zero-order valence-corrected chi connectivity index (χ0v) is 11.0. The molecule has 4 nitrogen and oxygen atoms in total. The molecule has 19 heavy (non-hydrogen) atoms. The molecule has 0 aliphatic heterocycles. The first-order valence-electron chi connectivity index (χ1n) is 6.43. The van der Waals surface area contributed by atoms with Crippen LogP contribution in [0.15, 0.2) is 18.3 Å². The van der Waals surface area contributed by atoms with E-state index in [1.165, 1.54) is 7.11 Å². The average Bonchev–Trinajstić information content (AvgIpc) is 2.45. The molecule has 0 atom stereocenters. The van der Waals surface area contributed by atoms with Crippen LogP contribution in [0.3, 0.4) is 0 Å². The Kier molecular flexibility index (Phi) is 4.18. The van der Waals surface area contributed by atoms with Crippen LogP contribution < -0.4 is 0 Å². The number of methoxy groups -OCH3 is 1. The van der Waals surface area contributed by atoms with Crippen LogP contribution in [0.4, 0.5) is 0 Å². The van der Waals surface area contributed by atoms with Crippen LogP contribution >= 0.6 is 0 Å². The van der Waals surface area contributed by atoms with Gasteiger partial charge in [0, 0.05) is 6.20 Å². The van der Waals surface area contributed by atoms with Crippen LogP contribution in [-0.4, -0.2) is 28.8 Å². The number of carbonyl (C=O) groups is 1. The number of aromatic nitrogens is 1. The second-order valence-electron chi connectivity index (χ2n) is 4.73. The van der Waals surface area contributed by atoms with Gasteiger partial charge in [0.15, 0.2) is 0 Å². The molecule has 1 fully saturated rings. The molecule has 0 unspecified atom stereocenters. The lowest BCUT2D eigenvalue weighted by atomic mass is 9.85. The Morgan fingerprint density at radius 1 is 1.42 bits per heavy atom. The monoisotopic (exact) mass is 259 g/mol. The van der Waals surface area contributed by atoms with Gasteiger partial charge in [-0.05, 0) is 43.7 Å². The highest BCUT2D eigenvalue weighted by atomic mass is 16.5. The van der Waals surface area contributed by atoms with Crippen molar-refractivity contribution in [3.05, 3.63) is 29.6 Å². The predicted octanol–water partition coefficient (Wildman–Crippen LogP) is 1.91. The molecule has 0 radical (unpaired) electrons. The fourth-order valence-electron chi connectivity index (χ4n) is 2.22. The molecular formula is C15H17NO3. The molecule has 100 valence electrons. The number of nitrogens with zero attached hydrogens (tertiary/aromatic N) is 1. The van der Waals surface area contributed by atoms with Crippen molar-refractivity contribution in [1.82, 2.24) is 4.98 Å². The van der Waals surface area contributed by atoms with E-state index in [9.17, 15) is 9.90 Å². The highest BCUT2D eigenvalue weighted by Gasteiger charge is 2.26. The second-order valence-corrected chi connectivity index (χ2v) is 4.73. The van der Waals surface area contributed by atoms with Crippen molar-refractivity contribution < 1.29 is 14.6 Å². The van der Waals surface area contributed by atoms with E-state index in [4.69, 9.17) is 0 Å². The first-order valence-corrected chi connectivity index (χ1v) is 6.43. The molecule has 2 rings (SSSR count). The van der Waals surface area contributed by atoms with E-state index >= 15 is 0 Å². The van der Waals surface area contributed by atoms with E-state index in [1.807, 2.05) is 0 Å². The summed E-state index contributed by atoms with van der Waals surface area (Å²) >= 11 is 0. The number of rotatable bonds is 1. The highest BCUT2D eigenvalue weighted by molar-refractivity contribution is 5.91. The van der Waals surface area contributed by atoms with E-state index in [0.29, 0.717) is 24.1 Å². The van der Waals surface area contributed by atoms with Crippen LogP contribution in [0.2, 0.25) is 0 Å². The Hall–Kier alpha value is -1.86. The van der Waals surface area contributed by atoms with Crippen molar-refractivity contribution in [1.29, 1.82) is 0 Å². The van der Waals surface area contributed by atoms with Gasteiger partial charge < -0.3 is 9.84 Å². The largest absolute Gasteiger partial charge is 0.465 e. The van der Waals surface area contributed by atoms with Gasteiger partial charge in [0.05, 0.1) is 12.7 Å². The maximum absolute atomic E-state index is 11.6. The Balaban J connectivity index is 2.26. The number of esters is 1. The van der Waals surface area contributed by atoms with Gasteiger partial charge in [-0.3, -0.25) is 0 Å². The van der Waals surface area contributed by atoms with Crippen molar-refractivity contribution in [2.24, 2.45) is 0 Å². The smallest absolute Gasteiger partial charge is 0.340 e. The summed E-state index contributed by atoms with van der Waals surface area (Å²) in [6.45, 7) is 0. The lowest BCUT2D eigenvalue weighted by molar-refractivity contribution is 0.0593. The standard InChI is InChI=1S/C15H17NO3/c1-19-14(17)12-6-5-11-16-13(12)7-10-15(18)8-3-2-4-9-15/h5-6,11,18H,2-4,8-9H2,1H3. The van der Waals surface area contributed by atoms with Crippen LogP contribution in [-0.2, 0) is 4.74 Å². The van der Waals surface area contributed by atoms with Crippen molar-refractivity contribution in [3.63, 3.8) is 0 Å². The molecule has 0 spiro atoms. The van der Waals surface area contributed by atoms with Crippen molar-refractivity contribution in [2.45, 2.75) is 37.7 Å². The van der Waals surface area contributed by atoms with Crippen LogP contribution in [0.5, 0.6) is 0 Å². The summed E-state index contributed by atoms with van der Waals surface area (Å²) in [5.41, 5.74) is -0.256. The predicted molar refractivity (Wildman–Crippen MR) is 70.5 cm³/mol. The number of hydrogen-bond donors (Lipinski definition) is 1. The molecule has 1 heterocycles. The summed E-state index contributed by atoms with van der Waals surface area (Å²) in [4.78, 5) is 15.7. The van der Waals surface area contributed by atoms with Crippen LogP contribution in [0, 0.1) is 11.8 Å². The Morgan fingerprint density at radius 3 is 2.84 bits per heavy atom. The molecule has 1 aliphatic rings. The summed E-state index contributed by atoms with van der Waals surface area (Å²) in [6.07, 6.45) is 6.04. The molecule has 1 saturated carbocycles. The molecule has 0 saturated heterocycles. The number of carbonyl (C=O) groups excluding carboxylic acids is 1. The summed E-state index contributed by atoms with van der Waals surface area (Å²) in [5, 5.41) is 10.3. The van der Waals surface area contributed by atoms with Gasteiger partial charge in [0.25, 0.3) is 0 Å². The fourth-order valence-corrected chi connectivity index (χ4v) is 2.22. The van der Waals surface area contributed by atoms with Crippen molar-refractivity contribution in [2.75, 3.05) is 7.11 Å². The number of hydrogen-bond acceptors (Lipinski definition) is 4. The van der Waals surface area contributed by atoms with Gasteiger partial charge >= 0.3 is 5.97 Å². The van der Waals surface area contributed by atoms with Gasteiger partial charge in [-0.1, -0.05) is 12.3 Å².